The normalized spacial score (nSPS) is 16.5. The molecule has 3 aliphatic rings. The maximum Gasteiger partial charge on any atom is 0.238 e. The van der Waals surface area contributed by atoms with E-state index in [0.717, 1.165) is 36.1 Å². The summed E-state index contributed by atoms with van der Waals surface area (Å²) in [7, 11) is 0. The van der Waals surface area contributed by atoms with Gasteiger partial charge in [-0.05, 0) is 75.9 Å². The minimum atomic E-state index is 0.232. The third kappa shape index (κ3) is 5.18. The molecular formula is C48H36N4. The van der Waals surface area contributed by atoms with Gasteiger partial charge in [-0.2, -0.15) is 9.97 Å². The van der Waals surface area contributed by atoms with E-state index in [4.69, 9.17) is 15.0 Å². The van der Waals surface area contributed by atoms with E-state index >= 15 is 0 Å². The third-order valence-corrected chi connectivity index (χ3v) is 10.9. The molecule has 1 aliphatic heterocycles. The fourth-order valence-corrected chi connectivity index (χ4v) is 8.46. The molecule has 0 amide bonds. The van der Waals surface area contributed by atoms with E-state index in [-0.39, 0.29) is 5.92 Å². The number of nitrogens with zero attached hydrogens (tertiary/aromatic N) is 4. The Bertz CT molecular complexity index is 2440. The first kappa shape index (κ1) is 30.4. The molecule has 52 heavy (non-hydrogen) atoms. The largest absolute Gasteiger partial charge is 0.282 e. The number of aryl methyl sites for hydroxylation is 1. The molecule has 2 aliphatic carbocycles. The minimum absolute atomic E-state index is 0.232. The molecule has 10 rings (SSSR count). The van der Waals surface area contributed by atoms with E-state index in [1.165, 1.54) is 50.2 Å². The quantitative estimate of drug-likeness (QED) is 0.170. The molecule has 4 heteroatoms. The Kier molecular flexibility index (Phi) is 7.46. The van der Waals surface area contributed by atoms with Gasteiger partial charge in [0.15, 0.2) is 11.6 Å². The van der Waals surface area contributed by atoms with Gasteiger partial charge < -0.3 is 0 Å². The number of hydrogen-bond acceptors (Lipinski definition) is 4. The van der Waals surface area contributed by atoms with Gasteiger partial charge in [-0.25, -0.2) is 4.98 Å². The van der Waals surface area contributed by atoms with Gasteiger partial charge in [0.25, 0.3) is 0 Å². The molecule has 248 valence electrons. The average molecular weight is 669 g/mol. The number of anilines is 2. The second kappa shape index (κ2) is 12.7. The van der Waals surface area contributed by atoms with Crippen LogP contribution in [0.3, 0.4) is 0 Å². The molecule has 2 unspecified atom stereocenters. The molecule has 6 aromatic carbocycles. The number of benzene rings is 6. The molecule has 0 N–H and O–H groups in total. The minimum Gasteiger partial charge on any atom is -0.282 e. The number of allylic oxidation sites excluding steroid dienone is 4. The SMILES string of the molecule is C1=CCC2C(=C1)N(c1nc(-c3ccccc3)nc(-c3ccccc3)n1)c1cc(-c3cccc4c3-c3ccccc3C4CCc3ccccc3)ccc12. The maximum absolute atomic E-state index is 5.19. The van der Waals surface area contributed by atoms with Crippen molar-refractivity contribution < 1.29 is 0 Å². The summed E-state index contributed by atoms with van der Waals surface area (Å²) >= 11 is 0. The zero-order valence-corrected chi connectivity index (χ0v) is 28.7. The van der Waals surface area contributed by atoms with Crippen LogP contribution < -0.4 is 4.90 Å². The van der Waals surface area contributed by atoms with Crippen LogP contribution in [0.4, 0.5) is 11.6 Å². The highest BCUT2D eigenvalue weighted by Gasteiger charge is 2.38. The number of fused-ring (bicyclic) bond motifs is 6. The van der Waals surface area contributed by atoms with Crippen LogP contribution in [-0.2, 0) is 6.42 Å². The van der Waals surface area contributed by atoms with Gasteiger partial charge in [0.1, 0.15) is 0 Å². The van der Waals surface area contributed by atoms with Crippen molar-refractivity contribution in [3.05, 3.63) is 198 Å². The van der Waals surface area contributed by atoms with Crippen molar-refractivity contribution in [1.82, 2.24) is 15.0 Å². The maximum atomic E-state index is 5.19. The molecule has 2 heterocycles. The van der Waals surface area contributed by atoms with Gasteiger partial charge in [-0.15, -0.1) is 0 Å². The predicted molar refractivity (Wildman–Crippen MR) is 211 cm³/mol. The van der Waals surface area contributed by atoms with Crippen LogP contribution in [0.25, 0.3) is 45.0 Å². The molecular weight excluding hydrogens is 633 g/mol. The molecule has 0 radical (unpaired) electrons. The van der Waals surface area contributed by atoms with Crippen molar-refractivity contribution in [3.8, 4) is 45.0 Å². The molecule has 0 saturated heterocycles. The molecule has 0 saturated carbocycles. The first-order chi connectivity index (χ1) is 25.8. The number of aromatic nitrogens is 3. The topological polar surface area (TPSA) is 41.9 Å². The fraction of sp³-hybridized carbons (Fsp3) is 0.104. The van der Waals surface area contributed by atoms with Crippen LogP contribution >= 0.6 is 0 Å². The van der Waals surface area contributed by atoms with Crippen LogP contribution in [0.1, 0.15) is 46.9 Å². The summed E-state index contributed by atoms with van der Waals surface area (Å²) in [6, 6.07) is 54.3. The third-order valence-electron chi connectivity index (χ3n) is 10.9. The zero-order chi connectivity index (χ0) is 34.4. The van der Waals surface area contributed by atoms with Gasteiger partial charge in [0.05, 0.1) is 5.69 Å². The van der Waals surface area contributed by atoms with Crippen LogP contribution in [0.2, 0.25) is 0 Å². The highest BCUT2D eigenvalue weighted by atomic mass is 15.3. The summed E-state index contributed by atoms with van der Waals surface area (Å²) < 4.78 is 0. The second-order valence-electron chi connectivity index (χ2n) is 13.9. The van der Waals surface area contributed by atoms with Crippen molar-refractivity contribution in [3.63, 3.8) is 0 Å². The highest BCUT2D eigenvalue weighted by molar-refractivity contribution is 5.93. The van der Waals surface area contributed by atoms with E-state index < -0.39 is 0 Å². The van der Waals surface area contributed by atoms with Crippen molar-refractivity contribution in [1.29, 1.82) is 0 Å². The predicted octanol–water partition coefficient (Wildman–Crippen LogP) is 11.7. The molecule has 4 nitrogen and oxygen atoms in total. The molecule has 0 fully saturated rings. The zero-order valence-electron chi connectivity index (χ0n) is 28.7. The van der Waals surface area contributed by atoms with Gasteiger partial charge in [0, 0.05) is 28.7 Å². The molecule has 0 spiro atoms. The van der Waals surface area contributed by atoms with E-state index in [2.05, 4.69) is 138 Å². The van der Waals surface area contributed by atoms with Crippen LogP contribution in [0.5, 0.6) is 0 Å². The lowest BCUT2D eigenvalue weighted by atomic mass is 9.88. The molecule has 1 aromatic heterocycles. The van der Waals surface area contributed by atoms with Crippen molar-refractivity contribution in [2.75, 3.05) is 4.90 Å². The van der Waals surface area contributed by atoms with Crippen LogP contribution in [0.15, 0.2) is 176 Å². The van der Waals surface area contributed by atoms with Crippen molar-refractivity contribution in [2.45, 2.75) is 31.1 Å². The van der Waals surface area contributed by atoms with Crippen LogP contribution in [-0.4, -0.2) is 15.0 Å². The monoisotopic (exact) mass is 668 g/mol. The summed E-state index contributed by atoms with van der Waals surface area (Å²) in [5.74, 6) is 2.55. The molecule has 7 aromatic rings. The lowest BCUT2D eigenvalue weighted by molar-refractivity contribution is 0.729. The average Bonchev–Trinajstić information content (AvgIpc) is 3.73. The van der Waals surface area contributed by atoms with E-state index in [9.17, 15) is 0 Å². The highest BCUT2D eigenvalue weighted by Crippen LogP contribution is 2.54. The van der Waals surface area contributed by atoms with Crippen molar-refractivity contribution >= 4 is 11.6 Å². The number of rotatable bonds is 7. The van der Waals surface area contributed by atoms with Gasteiger partial charge >= 0.3 is 0 Å². The first-order valence-electron chi connectivity index (χ1n) is 18.2. The Morgan fingerprint density at radius 3 is 1.96 bits per heavy atom. The summed E-state index contributed by atoms with van der Waals surface area (Å²) in [5, 5.41) is 0. The molecule has 0 bridgehead atoms. The lowest BCUT2D eigenvalue weighted by Crippen LogP contribution is -2.18. The second-order valence-corrected chi connectivity index (χ2v) is 13.9. The van der Waals surface area contributed by atoms with Gasteiger partial charge in [0.2, 0.25) is 5.95 Å². The van der Waals surface area contributed by atoms with Gasteiger partial charge in [-0.1, -0.05) is 158 Å². The Hall–Kier alpha value is -6.39. The van der Waals surface area contributed by atoms with Gasteiger partial charge in [-0.3, -0.25) is 4.90 Å². The van der Waals surface area contributed by atoms with Crippen LogP contribution in [0, 0.1) is 0 Å². The molecule has 2 atom stereocenters. The summed E-state index contributed by atoms with van der Waals surface area (Å²) in [5.41, 5.74) is 15.0. The standard InChI is InChI=1S/C48H36N4/c1-4-15-32(16-5-1)27-29-38-37-21-10-11-23-41(37)45-36(24-14-25-42(38)45)35-28-30-40-39-22-12-13-26-43(39)52(44(40)31-35)48-50-46(33-17-6-2-7-18-33)49-47(51-48)34-19-8-3-9-20-34/h1-21,23-26,28,30-31,38-39H,22,27,29H2. The number of hydrogen-bond donors (Lipinski definition) is 0. The van der Waals surface area contributed by atoms with E-state index in [1.807, 2.05) is 36.4 Å². The smallest absolute Gasteiger partial charge is 0.238 e. The fourth-order valence-electron chi connectivity index (χ4n) is 8.46. The summed E-state index contributed by atoms with van der Waals surface area (Å²) in [6.45, 7) is 0. The summed E-state index contributed by atoms with van der Waals surface area (Å²) in [6.07, 6.45) is 9.72. The Balaban J connectivity index is 1.11. The Morgan fingerprint density at radius 1 is 0.558 bits per heavy atom. The first-order valence-corrected chi connectivity index (χ1v) is 18.2. The van der Waals surface area contributed by atoms with Crippen molar-refractivity contribution in [2.24, 2.45) is 0 Å². The lowest BCUT2D eigenvalue weighted by Gasteiger charge is -2.23. The van der Waals surface area contributed by atoms with E-state index in [0.29, 0.717) is 23.5 Å². The summed E-state index contributed by atoms with van der Waals surface area (Å²) in [4.78, 5) is 17.6. The van der Waals surface area contributed by atoms with E-state index in [1.54, 1.807) is 0 Å². The Morgan fingerprint density at radius 2 is 1.21 bits per heavy atom. The Labute approximate surface area is 304 Å².